The molecule has 0 fully saturated rings. The first-order valence-electron chi connectivity index (χ1n) is 10.9. The first kappa shape index (κ1) is 23.9. The molecule has 1 N–H and O–H groups in total. The van der Waals surface area contributed by atoms with E-state index in [-0.39, 0.29) is 6.61 Å². The van der Waals surface area contributed by atoms with Gasteiger partial charge in [0, 0.05) is 22.3 Å². The summed E-state index contributed by atoms with van der Waals surface area (Å²) in [5, 5.41) is 3.29. The smallest absolute Gasteiger partial charge is 0.337 e. The highest BCUT2D eigenvalue weighted by Crippen LogP contribution is 2.45. The maximum Gasteiger partial charge on any atom is 0.337 e. The predicted octanol–water partition coefficient (Wildman–Crippen LogP) is 4.93. The lowest BCUT2D eigenvalue weighted by Crippen LogP contribution is -2.37. The monoisotopic (exact) mass is 527 g/mol. The molecule has 0 aliphatic carbocycles. The number of hydrogen-bond donors (Lipinski definition) is 1. The summed E-state index contributed by atoms with van der Waals surface area (Å²) < 4.78 is 22.9. The van der Waals surface area contributed by atoms with E-state index in [1.165, 1.54) is 0 Å². The maximum absolute atomic E-state index is 13.4. The van der Waals surface area contributed by atoms with Crippen LogP contribution >= 0.6 is 15.9 Å². The van der Waals surface area contributed by atoms with Crippen molar-refractivity contribution in [2.45, 2.75) is 32.3 Å². The molecule has 0 bridgehead atoms. The lowest BCUT2D eigenvalue weighted by molar-refractivity contribution is -0.146. The lowest BCUT2D eigenvalue weighted by Gasteiger charge is -2.36. The molecule has 0 saturated carbocycles. The Morgan fingerprint density at radius 3 is 2.41 bits per heavy atom. The Labute approximate surface area is 206 Å². The van der Waals surface area contributed by atoms with Gasteiger partial charge in [-0.25, -0.2) is 9.59 Å². The summed E-state index contributed by atoms with van der Waals surface area (Å²) in [5.74, 6) is -0.377. The third kappa shape index (κ3) is 4.42. The van der Waals surface area contributed by atoms with Crippen molar-refractivity contribution in [1.82, 2.24) is 5.32 Å². The summed E-state index contributed by atoms with van der Waals surface area (Å²) in [6, 6.07) is 13.0. The van der Waals surface area contributed by atoms with E-state index in [2.05, 4.69) is 21.2 Å². The van der Waals surface area contributed by atoms with Crippen LogP contribution in [0.15, 0.2) is 69.5 Å². The molecule has 8 heteroatoms. The van der Waals surface area contributed by atoms with Crippen LogP contribution < -0.4 is 14.8 Å². The minimum atomic E-state index is -0.595. The molecule has 34 heavy (non-hydrogen) atoms. The van der Waals surface area contributed by atoms with Crippen LogP contribution in [0.1, 0.15) is 43.4 Å². The number of rotatable bonds is 6. The molecular formula is C26H26BrNO6. The van der Waals surface area contributed by atoms with Crippen LogP contribution in [0.5, 0.6) is 11.5 Å². The van der Waals surface area contributed by atoms with E-state index in [1.54, 1.807) is 27.2 Å². The molecule has 2 unspecified atom stereocenters. The third-order valence-electron chi connectivity index (χ3n) is 5.98. The fourth-order valence-corrected chi connectivity index (χ4v) is 4.69. The molecule has 0 amide bonds. The van der Waals surface area contributed by atoms with Crippen molar-refractivity contribution in [3.05, 3.63) is 80.6 Å². The number of hydrogen-bond acceptors (Lipinski definition) is 7. The fourth-order valence-electron chi connectivity index (χ4n) is 4.43. The molecule has 0 spiro atoms. The molecule has 2 aromatic carbocycles. The highest BCUT2D eigenvalue weighted by molar-refractivity contribution is 9.10. The number of dihydropyridines is 1. The average molecular weight is 528 g/mol. The third-order valence-corrected chi connectivity index (χ3v) is 6.51. The van der Waals surface area contributed by atoms with Crippen molar-refractivity contribution < 1.29 is 28.5 Å². The molecule has 2 atom stereocenters. The number of halogens is 1. The summed E-state index contributed by atoms with van der Waals surface area (Å²) in [5.41, 5.74) is 3.82. The van der Waals surface area contributed by atoms with Gasteiger partial charge in [-0.1, -0.05) is 34.1 Å². The van der Waals surface area contributed by atoms with Crippen LogP contribution in [0.25, 0.3) is 0 Å². The van der Waals surface area contributed by atoms with Gasteiger partial charge in [-0.05, 0) is 49.2 Å². The van der Waals surface area contributed by atoms with Gasteiger partial charge in [0.2, 0.25) is 0 Å². The standard InChI is InChI=1S/C26H26BrNO6/c1-5-33-25(29)22-14(2)28-18-13-20(16-8-11-19(31-3)21(12-16)32-4)34-26(30)24(18)23(22)15-6-9-17(27)10-7-15/h6-12,20,23,28H,5,13H2,1-4H3. The predicted molar refractivity (Wildman–Crippen MR) is 129 cm³/mol. The number of methoxy groups -OCH3 is 2. The molecule has 4 rings (SSSR count). The molecule has 2 aliphatic rings. The Balaban J connectivity index is 1.77. The molecule has 2 aromatic rings. The van der Waals surface area contributed by atoms with Crippen molar-refractivity contribution in [1.29, 1.82) is 0 Å². The Morgan fingerprint density at radius 1 is 1.09 bits per heavy atom. The van der Waals surface area contributed by atoms with Crippen molar-refractivity contribution in [2.75, 3.05) is 20.8 Å². The van der Waals surface area contributed by atoms with Gasteiger partial charge in [-0.2, -0.15) is 0 Å². The van der Waals surface area contributed by atoms with Gasteiger partial charge >= 0.3 is 11.9 Å². The molecule has 178 valence electrons. The van der Waals surface area contributed by atoms with Gasteiger partial charge in [0.05, 0.1) is 37.9 Å². The van der Waals surface area contributed by atoms with E-state index in [0.29, 0.717) is 34.8 Å². The first-order valence-corrected chi connectivity index (χ1v) is 11.7. The largest absolute Gasteiger partial charge is 0.493 e. The van der Waals surface area contributed by atoms with E-state index in [4.69, 9.17) is 18.9 Å². The van der Waals surface area contributed by atoms with E-state index in [1.807, 2.05) is 43.3 Å². The Kier molecular flexibility index (Phi) is 6.97. The molecule has 7 nitrogen and oxygen atoms in total. The SMILES string of the molecule is CCOC(=O)C1=C(C)NC2=C(C(=O)OC(c3ccc(OC)c(OC)c3)C2)C1c1ccc(Br)cc1. The average Bonchev–Trinajstić information content (AvgIpc) is 2.83. The summed E-state index contributed by atoms with van der Waals surface area (Å²) in [6.07, 6.45) is -0.0853. The van der Waals surface area contributed by atoms with Crippen LogP contribution in [-0.4, -0.2) is 32.8 Å². The maximum atomic E-state index is 13.4. The zero-order valence-corrected chi connectivity index (χ0v) is 21.0. The normalized spacial score (nSPS) is 19.7. The number of carbonyl (C=O) groups is 2. The lowest BCUT2D eigenvalue weighted by atomic mass is 9.78. The summed E-state index contributed by atoms with van der Waals surface area (Å²) in [7, 11) is 3.13. The number of allylic oxidation sites excluding steroid dienone is 1. The molecule has 2 aliphatic heterocycles. The quantitative estimate of drug-likeness (QED) is 0.533. The van der Waals surface area contributed by atoms with Crippen LogP contribution in [0.2, 0.25) is 0 Å². The number of ether oxygens (including phenoxy) is 4. The van der Waals surface area contributed by atoms with Crippen LogP contribution in [0, 0.1) is 0 Å². The zero-order valence-electron chi connectivity index (χ0n) is 19.4. The fraction of sp³-hybridized carbons (Fsp3) is 0.308. The highest BCUT2D eigenvalue weighted by atomic mass is 79.9. The first-order chi connectivity index (χ1) is 16.4. The second-order valence-electron chi connectivity index (χ2n) is 7.97. The minimum absolute atomic E-state index is 0.237. The van der Waals surface area contributed by atoms with E-state index >= 15 is 0 Å². The molecule has 2 heterocycles. The topological polar surface area (TPSA) is 83.1 Å². The molecular weight excluding hydrogens is 502 g/mol. The van der Waals surface area contributed by atoms with Gasteiger partial charge < -0.3 is 24.3 Å². The van der Waals surface area contributed by atoms with Gasteiger partial charge in [0.1, 0.15) is 6.10 Å². The van der Waals surface area contributed by atoms with E-state index in [9.17, 15) is 9.59 Å². The molecule has 0 saturated heterocycles. The number of benzene rings is 2. The summed E-state index contributed by atoms with van der Waals surface area (Å²) in [6.45, 7) is 3.82. The Hall–Kier alpha value is -3.26. The van der Waals surface area contributed by atoms with Crippen molar-refractivity contribution in [2.24, 2.45) is 0 Å². The van der Waals surface area contributed by atoms with Gasteiger partial charge in [-0.3, -0.25) is 0 Å². The van der Waals surface area contributed by atoms with Crippen LogP contribution in [0.3, 0.4) is 0 Å². The zero-order chi connectivity index (χ0) is 24.4. The van der Waals surface area contributed by atoms with Crippen molar-refractivity contribution >= 4 is 27.9 Å². The van der Waals surface area contributed by atoms with E-state index < -0.39 is 24.0 Å². The summed E-state index contributed by atoms with van der Waals surface area (Å²) in [4.78, 5) is 26.3. The van der Waals surface area contributed by atoms with Crippen LogP contribution in [-0.2, 0) is 19.1 Å². The number of nitrogens with one attached hydrogen (secondary N) is 1. The van der Waals surface area contributed by atoms with Gasteiger partial charge in [0.15, 0.2) is 11.5 Å². The van der Waals surface area contributed by atoms with Crippen LogP contribution in [0.4, 0.5) is 0 Å². The number of cyclic esters (lactones) is 1. The number of esters is 2. The summed E-state index contributed by atoms with van der Waals surface area (Å²) >= 11 is 3.45. The second-order valence-corrected chi connectivity index (χ2v) is 8.89. The molecule has 0 aromatic heterocycles. The Morgan fingerprint density at radius 2 is 1.76 bits per heavy atom. The number of carbonyl (C=O) groups excluding carboxylic acids is 2. The van der Waals surface area contributed by atoms with Crippen molar-refractivity contribution in [3.63, 3.8) is 0 Å². The molecule has 0 radical (unpaired) electrons. The second kappa shape index (κ2) is 9.93. The van der Waals surface area contributed by atoms with E-state index in [0.717, 1.165) is 21.3 Å². The minimum Gasteiger partial charge on any atom is -0.493 e. The van der Waals surface area contributed by atoms with Gasteiger partial charge in [-0.15, -0.1) is 0 Å². The van der Waals surface area contributed by atoms with Gasteiger partial charge in [0.25, 0.3) is 0 Å². The Bertz CT molecular complexity index is 1180. The van der Waals surface area contributed by atoms with Crippen molar-refractivity contribution in [3.8, 4) is 11.5 Å². The highest BCUT2D eigenvalue weighted by Gasteiger charge is 2.42.